The van der Waals surface area contributed by atoms with Crippen LogP contribution in [0.5, 0.6) is 11.5 Å². The van der Waals surface area contributed by atoms with Crippen molar-refractivity contribution in [1.29, 1.82) is 0 Å². The number of ether oxygens (including phenoxy) is 2. The maximum absolute atomic E-state index is 6.22. The number of benzene rings is 2. The Kier molecular flexibility index (Phi) is 5.51. The Morgan fingerprint density at radius 2 is 1.90 bits per heavy atom. The van der Waals surface area contributed by atoms with Crippen LogP contribution in [0.3, 0.4) is 0 Å². The molecule has 1 atom stereocenters. The van der Waals surface area contributed by atoms with Gasteiger partial charge in [0.2, 0.25) is 0 Å². The number of methoxy groups -OCH3 is 1. The van der Waals surface area contributed by atoms with Crippen LogP contribution in [0.1, 0.15) is 24.1 Å². The first kappa shape index (κ1) is 16.1. The Labute approximate surface area is 138 Å². The first-order chi connectivity index (χ1) is 10.0. The highest BCUT2D eigenvalue weighted by molar-refractivity contribution is 9.10. The number of hydrogen-bond acceptors (Lipinski definition) is 3. The average Bonchev–Trinajstić information content (AvgIpc) is 2.46. The van der Waals surface area contributed by atoms with Crippen molar-refractivity contribution in [2.24, 2.45) is 5.73 Å². The number of rotatable bonds is 5. The first-order valence-corrected chi connectivity index (χ1v) is 7.68. The highest BCUT2D eigenvalue weighted by Crippen LogP contribution is 2.30. The zero-order valence-corrected chi connectivity index (χ0v) is 14.2. The summed E-state index contributed by atoms with van der Waals surface area (Å²) in [6.45, 7) is 2.29. The predicted octanol–water partition coefficient (Wildman–Crippen LogP) is 4.71. The molecule has 0 aromatic heterocycles. The molecule has 21 heavy (non-hydrogen) atoms. The zero-order chi connectivity index (χ0) is 15.4. The molecule has 0 fully saturated rings. The summed E-state index contributed by atoms with van der Waals surface area (Å²) in [5, 5.41) is 0.554. The van der Waals surface area contributed by atoms with Crippen LogP contribution >= 0.6 is 27.5 Å². The molecule has 1 unspecified atom stereocenters. The predicted molar refractivity (Wildman–Crippen MR) is 89.1 cm³/mol. The Morgan fingerprint density at radius 3 is 2.52 bits per heavy atom. The van der Waals surface area contributed by atoms with E-state index < -0.39 is 0 Å². The van der Waals surface area contributed by atoms with Gasteiger partial charge in [-0.15, -0.1) is 0 Å². The van der Waals surface area contributed by atoms with Crippen molar-refractivity contribution in [3.63, 3.8) is 0 Å². The Balaban J connectivity index is 2.15. The summed E-state index contributed by atoms with van der Waals surface area (Å²) in [4.78, 5) is 0. The van der Waals surface area contributed by atoms with E-state index in [1.54, 1.807) is 7.11 Å². The third-order valence-corrected chi connectivity index (χ3v) is 3.90. The minimum absolute atomic E-state index is 0.0540. The van der Waals surface area contributed by atoms with Crippen molar-refractivity contribution in [2.45, 2.75) is 19.6 Å². The average molecular weight is 371 g/mol. The van der Waals surface area contributed by atoms with Crippen LogP contribution in [0.2, 0.25) is 5.02 Å². The third kappa shape index (κ3) is 4.13. The molecular weight excluding hydrogens is 354 g/mol. The fraction of sp³-hybridized carbons (Fsp3) is 0.250. The van der Waals surface area contributed by atoms with Crippen molar-refractivity contribution in [1.82, 2.24) is 0 Å². The van der Waals surface area contributed by atoms with Gasteiger partial charge in [0.1, 0.15) is 18.1 Å². The monoisotopic (exact) mass is 369 g/mol. The fourth-order valence-corrected chi connectivity index (χ4v) is 2.58. The van der Waals surface area contributed by atoms with Gasteiger partial charge in [-0.2, -0.15) is 0 Å². The van der Waals surface area contributed by atoms with Crippen LogP contribution in [0.4, 0.5) is 0 Å². The van der Waals surface area contributed by atoms with Crippen LogP contribution in [0.25, 0.3) is 0 Å². The van der Waals surface area contributed by atoms with Gasteiger partial charge in [-0.1, -0.05) is 33.6 Å². The molecule has 0 aliphatic carbocycles. The smallest absolute Gasteiger partial charge is 0.138 e. The van der Waals surface area contributed by atoms with E-state index in [4.69, 9.17) is 26.8 Å². The summed E-state index contributed by atoms with van der Waals surface area (Å²) in [6, 6.07) is 11.3. The molecular formula is C16H17BrClNO2. The van der Waals surface area contributed by atoms with Gasteiger partial charge in [0, 0.05) is 16.1 Å². The van der Waals surface area contributed by atoms with E-state index in [-0.39, 0.29) is 6.04 Å². The maximum atomic E-state index is 6.22. The lowest BCUT2D eigenvalue weighted by Crippen LogP contribution is -2.05. The van der Waals surface area contributed by atoms with Crippen molar-refractivity contribution < 1.29 is 9.47 Å². The van der Waals surface area contributed by atoms with Crippen molar-refractivity contribution in [2.75, 3.05) is 7.11 Å². The molecule has 0 aliphatic rings. The molecule has 2 N–H and O–H groups in total. The summed E-state index contributed by atoms with van der Waals surface area (Å²) in [5.41, 5.74) is 7.75. The molecule has 0 heterocycles. The van der Waals surface area contributed by atoms with Gasteiger partial charge in [0.25, 0.3) is 0 Å². The van der Waals surface area contributed by atoms with Gasteiger partial charge in [0.05, 0.1) is 12.1 Å². The molecule has 3 nitrogen and oxygen atoms in total. The van der Waals surface area contributed by atoms with Crippen LogP contribution in [0.15, 0.2) is 40.9 Å². The first-order valence-electron chi connectivity index (χ1n) is 6.51. The second kappa shape index (κ2) is 7.16. The third-order valence-electron chi connectivity index (χ3n) is 3.11. The largest absolute Gasteiger partial charge is 0.496 e. The molecule has 0 saturated heterocycles. The molecule has 0 amide bonds. The van der Waals surface area contributed by atoms with Crippen LogP contribution in [-0.2, 0) is 6.61 Å². The van der Waals surface area contributed by atoms with E-state index >= 15 is 0 Å². The number of halogens is 2. The van der Waals surface area contributed by atoms with Crippen molar-refractivity contribution >= 4 is 27.5 Å². The SMILES string of the molecule is COc1ccc(Br)cc1COc1ccc(C(C)N)cc1Cl. The molecule has 2 rings (SSSR count). The van der Waals surface area contributed by atoms with Gasteiger partial charge in [-0.3, -0.25) is 0 Å². The number of hydrogen-bond donors (Lipinski definition) is 1. The molecule has 0 aliphatic heterocycles. The summed E-state index contributed by atoms with van der Waals surface area (Å²) in [6.07, 6.45) is 0. The lowest BCUT2D eigenvalue weighted by Gasteiger charge is -2.13. The topological polar surface area (TPSA) is 44.5 Å². The van der Waals surface area contributed by atoms with E-state index in [1.807, 2.05) is 43.3 Å². The Hall–Kier alpha value is -1.23. The molecule has 0 spiro atoms. The molecule has 0 radical (unpaired) electrons. The second-order valence-electron chi connectivity index (χ2n) is 4.72. The lowest BCUT2D eigenvalue weighted by atomic mass is 10.1. The van der Waals surface area contributed by atoms with Gasteiger partial charge in [0.15, 0.2) is 0 Å². The molecule has 0 saturated carbocycles. The van der Waals surface area contributed by atoms with E-state index in [2.05, 4.69) is 15.9 Å². The van der Waals surface area contributed by atoms with Crippen molar-refractivity contribution in [3.05, 3.63) is 57.0 Å². The zero-order valence-electron chi connectivity index (χ0n) is 11.9. The molecule has 2 aromatic rings. The van der Waals surface area contributed by atoms with Crippen LogP contribution in [-0.4, -0.2) is 7.11 Å². The molecule has 5 heteroatoms. The minimum Gasteiger partial charge on any atom is -0.496 e. The maximum Gasteiger partial charge on any atom is 0.138 e. The van der Waals surface area contributed by atoms with Crippen molar-refractivity contribution in [3.8, 4) is 11.5 Å². The summed E-state index contributed by atoms with van der Waals surface area (Å²) in [5.74, 6) is 1.41. The quantitative estimate of drug-likeness (QED) is 0.829. The van der Waals surface area contributed by atoms with E-state index in [9.17, 15) is 0 Å². The van der Waals surface area contributed by atoms with Gasteiger partial charge in [-0.05, 0) is 42.8 Å². The summed E-state index contributed by atoms with van der Waals surface area (Å²) >= 11 is 9.66. The second-order valence-corrected chi connectivity index (χ2v) is 6.05. The summed E-state index contributed by atoms with van der Waals surface area (Å²) in [7, 11) is 1.64. The van der Waals surface area contributed by atoms with Gasteiger partial charge >= 0.3 is 0 Å². The fourth-order valence-electron chi connectivity index (χ4n) is 1.93. The number of nitrogens with two attached hydrogens (primary N) is 1. The van der Waals surface area contributed by atoms with E-state index in [0.29, 0.717) is 17.4 Å². The van der Waals surface area contributed by atoms with Crippen LogP contribution in [0, 0.1) is 0 Å². The highest BCUT2D eigenvalue weighted by Gasteiger charge is 2.09. The highest BCUT2D eigenvalue weighted by atomic mass is 79.9. The Bertz CT molecular complexity index is 632. The van der Waals surface area contributed by atoms with E-state index in [0.717, 1.165) is 21.3 Å². The minimum atomic E-state index is -0.0540. The van der Waals surface area contributed by atoms with Crippen LogP contribution < -0.4 is 15.2 Å². The van der Waals surface area contributed by atoms with Gasteiger partial charge in [-0.25, -0.2) is 0 Å². The molecule has 0 bridgehead atoms. The van der Waals surface area contributed by atoms with E-state index in [1.165, 1.54) is 0 Å². The molecule has 2 aromatic carbocycles. The lowest BCUT2D eigenvalue weighted by molar-refractivity contribution is 0.296. The summed E-state index contributed by atoms with van der Waals surface area (Å²) < 4.78 is 12.1. The Morgan fingerprint density at radius 1 is 1.19 bits per heavy atom. The standard InChI is InChI=1S/C16H17BrClNO2/c1-10(19)11-3-5-16(14(18)8-11)21-9-12-7-13(17)4-6-15(12)20-2/h3-8,10H,9,19H2,1-2H3. The normalized spacial score (nSPS) is 12.0. The molecule has 112 valence electrons. The van der Waals surface area contributed by atoms with Gasteiger partial charge < -0.3 is 15.2 Å².